The number of benzene rings is 1. The molecule has 1 aliphatic rings. The maximum atomic E-state index is 12.4. The Kier molecular flexibility index (Phi) is 3.93. The standard InChI is InChI=1S/C14H15N3O2/c15-8-9-3-5-10(6-4-9)13(18)11-2-1-7-17-14(19)12(11)16/h3-6,11-12H,1-2,7,16H2,(H,17,19). The number of carbonyl (C=O) groups is 2. The molecule has 1 aromatic carbocycles. The van der Waals surface area contributed by atoms with Gasteiger partial charge in [-0.2, -0.15) is 5.26 Å². The molecule has 5 heteroatoms. The molecule has 0 spiro atoms. The second-order valence-electron chi connectivity index (χ2n) is 4.62. The smallest absolute Gasteiger partial charge is 0.237 e. The highest BCUT2D eigenvalue weighted by molar-refractivity contribution is 6.01. The number of amides is 1. The Bertz CT molecular complexity index is 531. The molecule has 2 atom stereocenters. The van der Waals surface area contributed by atoms with Crippen LogP contribution in [-0.4, -0.2) is 24.3 Å². The number of hydrogen-bond donors (Lipinski definition) is 2. The van der Waals surface area contributed by atoms with Crippen LogP contribution >= 0.6 is 0 Å². The van der Waals surface area contributed by atoms with Gasteiger partial charge < -0.3 is 11.1 Å². The van der Waals surface area contributed by atoms with Crippen LogP contribution in [-0.2, 0) is 4.79 Å². The zero-order valence-corrected chi connectivity index (χ0v) is 10.4. The molecule has 0 aliphatic carbocycles. The number of nitrogens with two attached hydrogens (primary N) is 1. The molecule has 0 saturated carbocycles. The lowest BCUT2D eigenvalue weighted by Gasteiger charge is -2.18. The molecule has 5 nitrogen and oxygen atoms in total. The van der Waals surface area contributed by atoms with Gasteiger partial charge in [-0.15, -0.1) is 0 Å². The second-order valence-corrected chi connectivity index (χ2v) is 4.62. The Morgan fingerprint density at radius 3 is 2.68 bits per heavy atom. The van der Waals surface area contributed by atoms with Crippen LogP contribution in [0.3, 0.4) is 0 Å². The molecule has 0 bridgehead atoms. The number of nitriles is 1. The molecule has 0 radical (unpaired) electrons. The van der Waals surface area contributed by atoms with Gasteiger partial charge in [-0.1, -0.05) is 12.1 Å². The second kappa shape index (κ2) is 5.63. The number of nitrogens with zero attached hydrogens (tertiary/aromatic N) is 1. The molecule has 98 valence electrons. The summed E-state index contributed by atoms with van der Waals surface area (Å²) in [5.41, 5.74) is 6.83. The first kappa shape index (κ1) is 13.2. The van der Waals surface area contributed by atoms with Gasteiger partial charge in [0, 0.05) is 18.0 Å². The van der Waals surface area contributed by atoms with Crippen LogP contribution in [0.1, 0.15) is 28.8 Å². The van der Waals surface area contributed by atoms with Gasteiger partial charge in [0.2, 0.25) is 5.91 Å². The van der Waals surface area contributed by atoms with E-state index >= 15 is 0 Å². The summed E-state index contributed by atoms with van der Waals surface area (Å²) in [6.07, 6.45) is 1.34. The Morgan fingerprint density at radius 2 is 2.05 bits per heavy atom. The van der Waals surface area contributed by atoms with Crippen molar-refractivity contribution in [3.8, 4) is 6.07 Å². The zero-order chi connectivity index (χ0) is 13.8. The summed E-state index contributed by atoms with van der Waals surface area (Å²) in [4.78, 5) is 24.0. The summed E-state index contributed by atoms with van der Waals surface area (Å²) in [5.74, 6) is -0.894. The Labute approximate surface area is 111 Å². The lowest BCUT2D eigenvalue weighted by Crippen LogP contribution is -2.45. The van der Waals surface area contributed by atoms with Gasteiger partial charge in [0.1, 0.15) is 0 Å². The van der Waals surface area contributed by atoms with Gasteiger partial charge in [0.25, 0.3) is 0 Å². The highest BCUT2D eigenvalue weighted by Gasteiger charge is 2.32. The largest absolute Gasteiger partial charge is 0.355 e. The molecule has 3 N–H and O–H groups in total. The molecule has 1 aromatic rings. The SMILES string of the molecule is N#Cc1ccc(C(=O)C2CCCNC(=O)C2N)cc1. The number of carbonyl (C=O) groups excluding carboxylic acids is 2. The lowest BCUT2D eigenvalue weighted by atomic mass is 9.87. The number of hydrogen-bond acceptors (Lipinski definition) is 4. The van der Waals surface area contributed by atoms with Crippen LogP contribution in [0.5, 0.6) is 0 Å². The van der Waals surface area contributed by atoms with E-state index in [1.54, 1.807) is 24.3 Å². The van der Waals surface area contributed by atoms with E-state index in [9.17, 15) is 9.59 Å². The fourth-order valence-electron chi connectivity index (χ4n) is 2.23. The quantitative estimate of drug-likeness (QED) is 0.758. The molecule has 0 aromatic heterocycles. The number of Topliss-reactive ketones (excluding diaryl/α,β-unsaturated/α-hetero) is 1. The fourth-order valence-corrected chi connectivity index (χ4v) is 2.23. The summed E-state index contributed by atoms with van der Waals surface area (Å²) >= 11 is 0. The van der Waals surface area contributed by atoms with E-state index in [2.05, 4.69) is 5.32 Å². The molecular formula is C14H15N3O2. The van der Waals surface area contributed by atoms with Crippen LogP contribution in [0.2, 0.25) is 0 Å². The number of nitrogens with one attached hydrogen (secondary N) is 1. The fraction of sp³-hybridized carbons (Fsp3) is 0.357. The first-order valence-corrected chi connectivity index (χ1v) is 6.21. The van der Waals surface area contributed by atoms with Crippen molar-refractivity contribution in [1.29, 1.82) is 5.26 Å². The van der Waals surface area contributed by atoms with Crippen LogP contribution < -0.4 is 11.1 Å². The molecule has 2 rings (SSSR count). The Morgan fingerprint density at radius 1 is 1.37 bits per heavy atom. The molecule has 2 unspecified atom stereocenters. The third kappa shape index (κ3) is 2.80. The van der Waals surface area contributed by atoms with Crippen molar-refractivity contribution in [1.82, 2.24) is 5.32 Å². The van der Waals surface area contributed by atoms with Gasteiger partial charge in [-0.25, -0.2) is 0 Å². The highest BCUT2D eigenvalue weighted by atomic mass is 16.2. The molecule has 1 fully saturated rings. The van der Waals surface area contributed by atoms with Crippen molar-refractivity contribution < 1.29 is 9.59 Å². The van der Waals surface area contributed by atoms with Crippen LogP contribution in [0, 0.1) is 17.2 Å². The summed E-state index contributed by atoms with van der Waals surface area (Å²) in [6, 6.07) is 7.60. The van der Waals surface area contributed by atoms with E-state index in [0.717, 1.165) is 6.42 Å². The summed E-state index contributed by atoms with van der Waals surface area (Å²) in [7, 11) is 0. The molecule has 1 amide bonds. The Balaban J connectivity index is 2.21. The van der Waals surface area contributed by atoms with Crippen molar-refractivity contribution in [2.45, 2.75) is 18.9 Å². The van der Waals surface area contributed by atoms with Gasteiger partial charge in [-0.3, -0.25) is 9.59 Å². The van der Waals surface area contributed by atoms with Crippen LogP contribution in [0.15, 0.2) is 24.3 Å². The predicted molar refractivity (Wildman–Crippen MR) is 69.2 cm³/mol. The number of ketones is 1. The van der Waals surface area contributed by atoms with Crippen LogP contribution in [0.25, 0.3) is 0 Å². The van der Waals surface area contributed by atoms with Gasteiger partial charge in [0.15, 0.2) is 5.78 Å². The van der Waals surface area contributed by atoms with Crippen LogP contribution in [0.4, 0.5) is 0 Å². The van der Waals surface area contributed by atoms with Crippen molar-refractivity contribution >= 4 is 11.7 Å². The van der Waals surface area contributed by atoms with Crippen molar-refractivity contribution in [3.63, 3.8) is 0 Å². The maximum absolute atomic E-state index is 12.4. The summed E-state index contributed by atoms with van der Waals surface area (Å²) in [6.45, 7) is 0.559. The first-order chi connectivity index (χ1) is 9.13. The lowest BCUT2D eigenvalue weighted by molar-refractivity contribution is -0.122. The minimum Gasteiger partial charge on any atom is -0.355 e. The van der Waals surface area contributed by atoms with Crippen molar-refractivity contribution in [3.05, 3.63) is 35.4 Å². The topological polar surface area (TPSA) is 96.0 Å². The molecule has 19 heavy (non-hydrogen) atoms. The van der Waals surface area contributed by atoms with E-state index in [1.807, 2.05) is 6.07 Å². The van der Waals surface area contributed by atoms with Gasteiger partial charge >= 0.3 is 0 Å². The van der Waals surface area contributed by atoms with E-state index in [1.165, 1.54) is 0 Å². The highest BCUT2D eigenvalue weighted by Crippen LogP contribution is 2.19. The number of rotatable bonds is 2. The first-order valence-electron chi connectivity index (χ1n) is 6.21. The molecule has 1 aliphatic heterocycles. The third-order valence-corrected chi connectivity index (χ3v) is 3.36. The zero-order valence-electron chi connectivity index (χ0n) is 10.4. The third-order valence-electron chi connectivity index (χ3n) is 3.36. The predicted octanol–water partition coefficient (Wildman–Crippen LogP) is 0.594. The van der Waals surface area contributed by atoms with E-state index in [0.29, 0.717) is 24.1 Å². The normalized spacial score (nSPS) is 23.1. The maximum Gasteiger partial charge on any atom is 0.237 e. The average Bonchev–Trinajstić information content (AvgIpc) is 2.61. The molecular weight excluding hydrogens is 242 g/mol. The van der Waals surface area contributed by atoms with Crippen molar-refractivity contribution in [2.75, 3.05) is 6.54 Å². The summed E-state index contributed by atoms with van der Waals surface area (Å²) < 4.78 is 0. The van der Waals surface area contributed by atoms with Gasteiger partial charge in [-0.05, 0) is 25.0 Å². The Hall–Kier alpha value is -2.19. The molecule has 1 heterocycles. The van der Waals surface area contributed by atoms with Crippen molar-refractivity contribution in [2.24, 2.45) is 11.7 Å². The molecule has 1 saturated heterocycles. The monoisotopic (exact) mass is 257 g/mol. The van der Waals surface area contributed by atoms with E-state index < -0.39 is 12.0 Å². The van der Waals surface area contributed by atoms with E-state index in [4.69, 9.17) is 11.0 Å². The van der Waals surface area contributed by atoms with E-state index in [-0.39, 0.29) is 11.7 Å². The minimum atomic E-state index is -0.800. The minimum absolute atomic E-state index is 0.131. The summed E-state index contributed by atoms with van der Waals surface area (Å²) in [5, 5.41) is 11.4. The van der Waals surface area contributed by atoms with Gasteiger partial charge in [0.05, 0.1) is 17.7 Å². The average molecular weight is 257 g/mol.